The van der Waals surface area contributed by atoms with Crippen LogP contribution in [0.15, 0.2) is 53.3 Å². The van der Waals surface area contributed by atoms with Crippen molar-refractivity contribution in [2.24, 2.45) is 0 Å². The van der Waals surface area contributed by atoms with Crippen LogP contribution < -0.4 is 21.1 Å². The van der Waals surface area contributed by atoms with Crippen LogP contribution in [0.2, 0.25) is 0 Å². The van der Waals surface area contributed by atoms with Gasteiger partial charge in [0.2, 0.25) is 11.9 Å². The Morgan fingerprint density at radius 3 is 2.50 bits per heavy atom. The van der Waals surface area contributed by atoms with Gasteiger partial charge < -0.3 is 15.4 Å². The Hall–Kier alpha value is -4.21. The first-order chi connectivity index (χ1) is 15.3. The maximum absolute atomic E-state index is 13.9. The molecule has 2 N–H and O–H groups in total. The van der Waals surface area contributed by atoms with Crippen LogP contribution >= 0.6 is 0 Å². The Bertz CT molecular complexity index is 1360. The predicted molar refractivity (Wildman–Crippen MR) is 118 cm³/mol. The average Bonchev–Trinajstić information content (AvgIpc) is 3.06. The zero-order valence-electron chi connectivity index (χ0n) is 17.7. The number of amides is 1. The van der Waals surface area contributed by atoms with E-state index < -0.39 is 11.6 Å². The molecule has 0 aliphatic heterocycles. The molecule has 0 aliphatic carbocycles. The highest BCUT2D eigenvalue weighted by atomic mass is 19.1. The molecule has 0 bridgehead atoms. The van der Waals surface area contributed by atoms with E-state index in [9.17, 15) is 14.0 Å². The Morgan fingerprint density at radius 2 is 1.81 bits per heavy atom. The van der Waals surface area contributed by atoms with Crippen molar-refractivity contribution in [2.75, 3.05) is 17.7 Å². The number of hydrogen-bond donors (Lipinski definition) is 2. The standard InChI is InChI=1S/C22H21FN6O3/c1-13-4-5-16(11-18(13)23)26-21-24-14(2)10-19-27-28(22(31)29(19)21)12-20(30)25-15-6-8-17(32-3)9-7-15/h4-11H,12H2,1-3H3,(H,24,26)(H,25,30). The van der Waals surface area contributed by atoms with Crippen LogP contribution in [0.1, 0.15) is 11.3 Å². The summed E-state index contributed by atoms with van der Waals surface area (Å²) in [5.41, 5.74) is 1.87. The number of hydrogen-bond acceptors (Lipinski definition) is 6. The van der Waals surface area contributed by atoms with Crippen LogP contribution in [-0.4, -0.2) is 32.2 Å². The summed E-state index contributed by atoms with van der Waals surface area (Å²) in [5, 5.41) is 9.92. The van der Waals surface area contributed by atoms with Crippen LogP contribution in [0.4, 0.5) is 21.7 Å². The molecular weight excluding hydrogens is 415 g/mol. The van der Waals surface area contributed by atoms with Gasteiger partial charge in [-0.05, 0) is 55.8 Å². The van der Waals surface area contributed by atoms with E-state index in [4.69, 9.17) is 4.74 Å². The lowest BCUT2D eigenvalue weighted by Gasteiger charge is -2.08. The number of carbonyl (C=O) groups is 1. The summed E-state index contributed by atoms with van der Waals surface area (Å²) in [7, 11) is 1.55. The van der Waals surface area contributed by atoms with E-state index in [0.29, 0.717) is 34.0 Å². The van der Waals surface area contributed by atoms with Gasteiger partial charge in [-0.25, -0.2) is 23.3 Å². The summed E-state index contributed by atoms with van der Waals surface area (Å²) >= 11 is 0. The van der Waals surface area contributed by atoms with Crippen molar-refractivity contribution in [1.29, 1.82) is 0 Å². The van der Waals surface area contributed by atoms with E-state index in [1.54, 1.807) is 63.4 Å². The van der Waals surface area contributed by atoms with Gasteiger partial charge in [-0.2, -0.15) is 0 Å². The number of fused-ring (bicyclic) bond motifs is 1. The second-order valence-electron chi connectivity index (χ2n) is 7.22. The maximum Gasteiger partial charge on any atom is 0.353 e. The molecule has 0 atom stereocenters. The Morgan fingerprint density at radius 1 is 1.09 bits per heavy atom. The fourth-order valence-electron chi connectivity index (χ4n) is 3.15. The van der Waals surface area contributed by atoms with E-state index in [-0.39, 0.29) is 18.3 Å². The van der Waals surface area contributed by atoms with E-state index in [0.717, 1.165) is 4.68 Å². The molecule has 0 saturated carbocycles. The number of nitrogens with one attached hydrogen (secondary N) is 2. The van der Waals surface area contributed by atoms with Crippen molar-refractivity contribution in [3.05, 3.63) is 76.1 Å². The van der Waals surface area contributed by atoms with Crippen molar-refractivity contribution in [2.45, 2.75) is 20.4 Å². The number of ether oxygens (including phenoxy) is 1. The highest BCUT2D eigenvalue weighted by molar-refractivity contribution is 5.90. The fourth-order valence-corrected chi connectivity index (χ4v) is 3.15. The Kier molecular flexibility index (Phi) is 5.59. The molecule has 0 aliphatic rings. The SMILES string of the molecule is COc1ccc(NC(=O)Cn2nc3cc(C)nc(Nc4ccc(C)c(F)c4)n3c2=O)cc1. The van der Waals surface area contributed by atoms with Crippen molar-refractivity contribution in [3.63, 3.8) is 0 Å². The third-order valence-corrected chi connectivity index (χ3v) is 4.79. The van der Waals surface area contributed by atoms with Gasteiger partial charge >= 0.3 is 5.69 Å². The van der Waals surface area contributed by atoms with Gasteiger partial charge in [0.15, 0.2) is 5.65 Å². The van der Waals surface area contributed by atoms with Crippen molar-refractivity contribution in [1.82, 2.24) is 19.2 Å². The highest BCUT2D eigenvalue weighted by Gasteiger charge is 2.16. The van der Waals surface area contributed by atoms with Gasteiger partial charge in [0.25, 0.3) is 0 Å². The molecule has 2 heterocycles. The molecule has 0 unspecified atom stereocenters. The molecule has 4 rings (SSSR count). The summed E-state index contributed by atoms with van der Waals surface area (Å²) < 4.78 is 21.3. The molecule has 0 fully saturated rings. The van der Waals surface area contributed by atoms with Gasteiger partial charge in [-0.1, -0.05) is 6.07 Å². The second kappa shape index (κ2) is 8.50. The minimum atomic E-state index is -0.549. The minimum Gasteiger partial charge on any atom is -0.497 e. The lowest BCUT2D eigenvalue weighted by Crippen LogP contribution is -2.29. The van der Waals surface area contributed by atoms with Crippen LogP contribution in [0.3, 0.4) is 0 Å². The van der Waals surface area contributed by atoms with E-state index in [2.05, 4.69) is 20.7 Å². The maximum atomic E-state index is 13.9. The normalized spacial score (nSPS) is 10.9. The summed E-state index contributed by atoms with van der Waals surface area (Å²) in [4.78, 5) is 29.8. The topological polar surface area (TPSA) is 103 Å². The van der Waals surface area contributed by atoms with Crippen LogP contribution in [0, 0.1) is 19.7 Å². The number of carbonyl (C=O) groups excluding carboxylic acids is 1. The quantitative estimate of drug-likeness (QED) is 0.482. The fraction of sp³-hybridized carbons (Fsp3) is 0.182. The Labute approximate surface area is 182 Å². The second-order valence-corrected chi connectivity index (χ2v) is 7.22. The number of nitrogens with zero attached hydrogens (tertiary/aromatic N) is 4. The summed E-state index contributed by atoms with van der Waals surface area (Å²) in [5.74, 6) is 0.0450. The number of aryl methyl sites for hydroxylation is 2. The monoisotopic (exact) mass is 436 g/mol. The van der Waals surface area contributed by atoms with E-state index >= 15 is 0 Å². The lowest BCUT2D eigenvalue weighted by atomic mass is 10.2. The number of rotatable bonds is 6. The molecule has 10 heteroatoms. The molecule has 2 aromatic heterocycles. The molecule has 32 heavy (non-hydrogen) atoms. The van der Waals surface area contributed by atoms with Gasteiger partial charge in [0, 0.05) is 23.1 Å². The summed E-state index contributed by atoms with van der Waals surface area (Å²) in [6, 6.07) is 13.1. The van der Waals surface area contributed by atoms with Crippen LogP contribution in [0.5, 0.6) is 5.75 Å². The molecule has 0 radical (unpaired) electrons. The third kappa shape index (κ3) is 4.29. The molecule has 1 amide bonds. The first-order valence-electron chi connectivity index (χ1n) is 9.78. The number of methoxy groups -OCH3 is 1. The predicted octanol–water partition coefficient (Wildman–Crippen LogP) is 3.04. The summed E-state index contributed by atoms with van der Waals surface area (Å²) in [6.45, 7) is 3.12. The van der Waals surface area contributed by atoms with Crippen LogP contribution in [0.25, 0.3) is 5.65 Å². The third-order valence-electron chi connectivity index (χ3n) is 4.79. The minimum absolute atomic E-state index is 0.176. The van der Waals surface area contributed by atoms with Crippen LogP contribution in [-0.2, 0) is 11.3 Å². The van der Waals surface area contributed by atoms with Gasteiger partial charge in [0.05, 0.1) is 7.11 Å². The van der Waals surface area contributed by atoms with E-state index in [1.807, 2.05) is 0 Å². The lowest BCUT2D eigenvalue weighted by molar-refractivity contribution is -0.117. The van der Waals surface area contributed by atoms with Crippen molar-refractivity contribution < 1.29 is 13.9 Å². The molecule has 0 spiro atoms. The smallest absolute Gasteiger partial charge is 0.353 e. The number of benzene rings is 2. The molecule has 9 nitrogen and oxygen atoms in total. The molecule has 2 aromatic carbocycles. The summed E-state index contributed by atoms with van der Waals surface area (Å²) in [6.07, 6.45) is 0. The van der Waals surface area contributed by atoms with Gasteiger partial charge in [-0.3, -0.25) is 4.79 Å². The number of anilines is 3. The molecular formula is C22H21FN6O3. The Balaban J connectivity index is 1.61. The zero-order valence-corrected chi connectivity index (χ0v) is 17.7. The molecule has 164 valence electrons. The zero-order chi connectivity index (χ0) is 22.8. The number of halogens is 1. The number of aromatic nitrogens is 4. The van der Waals surface area contributed by atoms with Gasteiger partial charge in [-0.15, -0.1) is 5.10 Å². The molecule has 4 aromatic rings. The largest absolute Gasteiger partial charge is 0.497 e. The average molecular weight is 436 g/mol. The highest BCUT2D eigenvalue weighted by Crippen LogP contribution is 2.19. The molecule has 0 saturated heterocycles. The first-order valence-corrected chi connectivity index (χ1v) is 9.78. The first kappa shape index (κ1) is 21.0. The van der Waals surface area contributed by atoms with Crippen molar-refractivity contribution >= 4 is 28.9 Å². The van der Waals surface area contributed by atoms with E-state index in [1.165, 1.54) is 10.5 Å². The van der Waals surface area contributed by atoms with Crippen molar-refractivity contribution in [3.8, 4) is 5.75 Å². The van der Waals surface area contributed by atoms with Gasteiger partial charge in [0.1, 0.15) is 18.1 Å².